The summed E-state index contributed by atoms with van der Waals surface area (Å²) in [7, 11) is -5.17. The third-order valence-electron chi connectivity index (χ3n) is 7.11. The molecule has 0 radical (unpaired) electrons. The van der Waals surface area contributed by atoms with Crippen molar-refractivity contribution >= 4 is 40.8 Å². The zero-order chi connectivity index (χ0) is 31.0. The number of anilines is 4. The van der Waals surface area contributed by atoms with Crippen LogP contribution in [0.2, 0.25) is 0 Å². The summed E-state index contributed by atoms with van der Waals surface area (Å²) in [5.41, 5.74) is 0.891. The van der Waals surface area contributed by atoms with Gasteiger partial charge in [-0.1, -0.05) is 6.92 Å². The van der Waals surface area contributed by atoms with Gasteiger partial charge in [0.2, 0.25) is 16.0 Å². The molecular formula is C28H37F2N6O5PS. The Balaban J connectivity index is 1.30. The van der Waals surface area contributed by atoms with E-state index in [0.29, 0.717) is 69.0 Å². The van der Waals surface area contributed by atoms with Crippen LogP contribution in [0.4, 0.5) is 31.9 Å². The van der Waals surface area contributed by atoms with E-state index < -0.39 is 29.3 Å². The second-order valence-corrected chi connectivity index (χ2v) is 14.3. The monoisotopic (exact) mass is 638 g/mol. The van der Waals surface area contributed by atoms with Crippen molar-refractivity contribution in [1.82, 2.24) is 19.2 Å². The molecule has 1 aliphatic rings. The van der Waals surface area contributed by atoms with Crippen molar-refractivity contribution in [2.45, 2.75) is 37.6 Å². The Kier molecular flexibility index (Phi) is 11.2. The van der Waals surface area contributed by atoms with Crippen molar-refractivity contribution < 1.29 is 30.8 Å². The molecule has 1 atom stereocenters. The number of halogens is 2. The zero-order valence-electron chi connectivity index (χ0n) is 24.4. The molecule has 234 valence electrons. The van der Waals surface area contributed by atoms with Crippen molar-refractivity contribution in [2.75, 3.05) is 56.7 Å². The Hall–Kier alpha value is -3.00. The number of sulfonamides is 1. The fourth-order valence-electron chi connectivity index (χ4n) is 4.64. The highest BCUT2D eigenvalue weighted by atomic mass is 32.2. The lowest BCUT2D eigenvalue weighted by molar-refractivity contribution is 0.135. The summed E-state index contributed by atoms with van der Waals surface area (Å²) < 4.78 is 78.1. The van der Waals surface area contributed by atoms with Gasteiger partial charge in [0.1, 0.15) is 5.82 Å². The molecule has 0 spiro atoms. The van der Waals surface area contributed by atoms with Crippen LogP contribution in [0.25, 0.3) is 0 Å². The first-order valence-electron chi connectivity index (χ1n) is 14.0. The molecule has 2 aromatic carbocycles. The Bertz CT molecular complexity index is 1520. The number of nitrogens with one attached hydrogen (secondary N) is 2. The molecule has 15 heteroatoms. The molecule has 1 aromatic heterocycles. The van der Waals surface area contributed by atoms with Crippen LogP contribution >= 0.6 is 7.60 Å². The first kappa shape index (κ1) is 32.9. The highest BCUT2D eigenvalue weighted by molar-refractivity contribution is 7.89. The van der Waals surface area contributed by atoms with Crippen LogP contribution in [0.1, 0.15) is 26.7 Å². The van der Waals surface area contributed by atoms with Gasteiger partial charge in [0.05, 0.1) is 18.1 Å². The summed E-state index contributed by atoms with van der Waals surface area (Å²) in [6, 6.07) is 11.1. The van der Waals surface area contributed by atoms with E-state index in [1.165, 1.54) is 28.7 Å². The molecule has 1 unspecified atom stereocenters. The molecule has 1 fully saturated rings. The fraction of sp³-hybridized carbons (Fsp3) is 0.429. The zero-order valence-corrected chi connectivity index (χ0v) is 26.1. The summed E-state index contributed by atoms with van der Waals surface area (Å²) in [6.45, 7) is 6.19. The molecular weight excluding hydrogens is 601 g/mol. The molecule has 1 saturated heterocycles. The fourth-order valence-corrected chi connectivity index (χ4v) is 7.25. The minimum absolute atomic E-state index is 0.150. The average Bonchev–Trinajstić information content (AvgIpc) is 2.99. The van der Waals surface area contributed by atoms with Crippen LogP contribution < -0.4 is 10.6 Å². The Morgan fingerprint density at radius 3 is 2.35 bits per heavy atom. The van der Waals surface area contributed by atoms with E-state index in [2.05, 4.69) is 25.5 Å². The van der Waals surface area contributed by atoms with E-state index in [9.17, 15) is 21.8 Å². The second-order valence-electron chi connectivity index (χ2n) is 9.94. The van der Waals surface area contributed by atoms with Crippen molar-refractivity contribution in [1.29, 1.82) is 0 Å². The highest BCUT2D eigenvalue weighted by Crippen LogP contribution is 2.47. The highest BCUT2D eigenvalue weighted by Gasteiger charge is 2.31. The van der Waals surface area contributed by atoms with Crippen LogP contribution in [-0.4, -0.2) is 79.7 Å². The number of aromatic nitrogens is 2. The maximum atomic E-state index is 13.5. The van der Waals surface area contributed by atoms with Crippen LogP contribution in [0.3, 0.4) is 0 Å². The van der Waals surface area contributed by atoms with E-state index >= 15 is 0 Å². The summed E-state index contributed by atoms with van der Waals surface area (Å²) in [4.78, 5) is 10.8. The molecule has 11 nitrogen and oxygen atoms in total. The van der Waals surface area contributed by atoms with Gasteiger partial charge < -0.3 is 24.6 Å². The Morgan fingerprint density at radius 1 is 1.00 bits per heavy atom. The summed E-state index contributed by atoms with van der Waals surface area (Å²) in [5, 5.41) is 5.91. The number of likely N-dealkylation sites (tertiary alicyclic amines) is 1. The second kappa shape index (κ2) is 14.7. The van der Waals surface area contributed by atoms with E-state index in [-0.39, 0.29) is 16.9 Å². The topological polar surface area (TPSA) is 126 Å². The average molecular weight is 639 g/mol. The van der Waals surface area contributed by atoms with Crippen molar-refractivity contribution in [2.24, 2.45) is 0 Å². The van der Waals surface area contributed by atoms with Gasteiger partial charge in [0.15, 0.2) is 11.6 Å². The first-order valence-corrected chi connectivity index (χ1v) is 17.2. The van der Waals surface area contributed by atoms with Crippen molar-refractivity contribution in [3.8, 4) is 0 Å². The smallest absolute Gasteiger partial charge is 0.330 e. The Morgan fingerprint density at radius 2 is 1.70 bits per heavy atom. The molecule has 0 saturated carbocycles. The lowest BCUT2D eigenvalue weighted by Gasteiger charge is -2.36. The summed E-state index contributed by atoms with van der Waals surface area (Å²) in [6.07, 6.45) is 3.15. The molecule has 43 heavy (non-hydrogen) atoms. The van der Waals surface area contributed by atoms with Gasteiger partial charge in [-0.25, -0.2) is 22.2 Å². The van der Waals surface area contributed by atoms with Gasteiger partial charge in [-0.15, -0.1) is 0 Å². The molecule has 2 heterocycles. The number of hydrogen-bond donors (Lipinski definition) is 2. The van der Waals surface area contributed by atoms with Gasteiger partial charge in [0, 0.05) is 49.4 Å². The minimum atomic E-state index is -3.73. The SMILES string of the molecule is CCOP(=O)(CC)OCCN1CCC(N(C)S(=O)(=O)c2ccc(Nc3nccc(Nc4ccc(F)c(F)c4)n3)cc2)CC1. The van der Waals surface area contributed by atoms with Crippen molar-refractivity contribution in [3.63, 3.8) is 0 Å². The van der Waals surface area contributed by atoms with Crippen LogP contribution in [0, 0.1) is 11.6 Å². The quantitative estimate of drug-likeness (QED) is 0.216. The lowest BCUT2D eigenvalue weighted by Crippen LogP contribution is -2.46. The van der Waals surface area contributed by atoms with Gasteiger partial charge >= 0.3 is 7.60 Å². The number of piperidine rings is 1. The number of rotatable bonds is 14. The number of nitrogens with zero attached hydrogens (tertiary/aromatic N) is 4. The lowest BCUT2D eigenvalue weighted by atomic mass is 10.1. The van der Waals surface area contributed by atoms with E-state index in [4.69, 9.17) is 9.05 Å². The van der Waals surface area contributed by atoms with E-state index in [1.54, 1.807) is 39.1 Å². The molecule has 0 amide bonds. The molecule has 2 N–H and O–H groups in total. The first-order chi connectivity index (χ1) is 20.5. The number of hydrogen-bond acceptors (Lipinski definition) is 10. The molecule has 0 bridgehead atoms. The molecule has 3 aromatic rings. The summed E-state index contributed by atoms with van der Waals surface area (Å²) in [5.74, 6) is -1.34. The van der Waals surface area contributed by atoms with Gasteiger partial charge in [0.25, 0.3) is 0 Å². The standard InChI is InChI=1S/C28H37F2N6O5PS/c1-4-40-42(37,5-2)41-19-18-36-16-13-23(14-17-36)35(3)43(38,39)24-9-6-21(7-10-24)33-28-31-15-12-27(34-28)32-22-8-11-25(29)26(30)20-22/h6-12,15,20,23H,4-5,13-14,16-19H2,1-3H3,(H2,31,32,33,34). The van der Waals surface area contributed by atoms with Crippen LogP contribution in [0.15, 0.2) is 59.6 Å². The maximum absolute atomic E-state index is 13.5. The van der Waals surface area contributed by atoms with Gasteiger partial charge in [-0.05, 0) is 75.3 Å². The van der Waals surface area contributed by atoms with E-state index in [1.807, 2.05) is 0 Å². The van der Waals surface area contributed by atoms with Gasteiger partial charge in [-0.2, -0.15) is 9.29 Å². The van der Waals surface area contributed by atoms with Crippen LogP contribution in [0.5, 0.6) is 0 Å². The normalized spacial score (nSPS) is 16.2. The summed E-state index contributed by atoms with van der Waals surface area (Å²) >= 11 is 0. The third-order valence-corrected chi connectivity index (χ3v) is 11.0. The minimum Gasteiger partial charge on any atom is -0.340 e. The predicted molar refractivity (Wildman–Crippen MR) is 162 cm³/mol. The van der Waals surface area contributed by atoms with E-state index in [0.717, 1.165) is 12.1 Å². The third kappa shape index (κ3) is 8.78. The van der Waals surface area contributed by atoms with Gasteiger partial charge in [-0.3, -0.25) is 4.57 Å². The van der Waals surface area contributed by atoms with Crippen LogP contribution in [-0.2, 0) is 23.6 Å². The number of benzene rings is 2. The van der Waals surface area contributed by atoms with Crippen molar-refractivity contribution in [3.05, 3.63) is 66.4 Å². The maximum Gasteiger partial charge on any atom is 0.330 e. The molecule has 0 aliphatic carbocycles. The molecule has 4 rings (SSSR count). The molecule has 1 aliphatic heterocycles. The predicted octanol–water partition coefficient (Wildman–Crippen LogP) is 5.59. The Labute approximate surface area is 251 Å². The largest absolute Gasteiger partial charge is 0.340 e.